The number of benzene rings is 1. The SMILES string of the molecule is O=C(Nc1ccc(Nc2cc(Cl)cc(Cl)c2)cn1)C1CCC1. The second-order valence-corrected chi connectivity index (χ2v) is 6.21. The summed E-state index contributed by atoms with van der Waals surface area (Å²) in [4.78, 5) is 16.1. The first-order valence-corrected chi connectivity index (χ1v) is 7.86. The van der Waals surface area contributed by atoms with Crippen molar-refractivity contribution in [2.75, 3.05) is 10.6 Å². The molecular formula is C16H15Cl2N3O. The van der Waals surface area contributed by atoms with Gasteiger partial charge in [0, 0.05) is 21.7 Å². The Labute approximate surface area is 138 Å². The predicted octanol–water partition coefficient (Wildman–Crippen LogP) is 4.87. The lowest BCUT2D eigenvalue weighted by molar-refractivity contribution is -0.122. The second-order valence-electron chi connectivity index (χ2n) is 5.33. The number of halogens is 2. The number of pyridine rings is 1. The van der Waals surface area contributed by atoms with Crippen molar-refractivity contribution in [3.05, 3.63) is 46.6 Å². The minimum absolute atomic E-state index is 0.0566. The Bertz CT molecular complexity index is 664. The van der Waals surface area contributed by atoms with E-state index in [-0.39, 0.29) is 11.8 Å². The normalized spacial score (nSPS) is 14.3. The molecule has 0 unspecified atom stereocenters. The zero-order chi connectivity index (χ0) is 15.5. The Morgan fingerprint density at radius 2 is 1.82 bits per heavy atom. The predicted molar refractivity (Wildman–Crippen MR) is 90.0 cm³/mol. The highest BCUT2D eigenvalue weighted by molar-refractivity contribution is 6.35. The van der Waals surface area contributed by atoms with Crippen LogP contribution < -0.4 is 10.6 Å². The molecule has 1 aromatic heterocycles. The van der Waals surface area contributed by atoms with Crippen LogP contribution in [0.25, 0.3) is 0 Å². The molecule has 0 aliphatic heterocycles. The number of nitrogens with one attached hydrogen (secondary N) is 2. The first-order valence-electron chi connectivity index (χ1n) is 7.10. The Morgan fingerprint density at radius 3 is 2.36 bits per heavy atom. The maximum Gasteiger partial charge on any atom is 0.228 e. The van der Waals surface area contributed by atoms with E-state index in [0.717, 1.165) is 30.6 Å². The number of carbonyl (C=O) groups is 1. The maximum atomic E-state index is 11.8. The summed E-state index contributed by atoms with van der Waals surface area (Å²) in [6.07, 6.45) is 4.74. The molecule has 0 bridgehead atoms. The second kappa shape index (κ2) is 6.55. The van der Waals surface area contributed by atoms with Crippen LogP contribution in [0.4, 0.5) is 17.2 Å². The topological polar surface area (TPSA) is 54.0 Å². The Balaban J connectivity index is 1.64. The summed E-state index contributed by atoms with van der Waals surface area (Å²) in [7, 11) is 0. The lowest BCUT2D eigenvalue weighted by Gasteiger charge is -2.23. The van der Waals surface area contributed by atoms with Crippen molar-refractivity contribution in [3.63, 3.8) is 0 Å². The van der Waals surface area contributed by atoms with Gasteiger partial charge in [0.05, 0.1) is 11.9 Å². The lowest BCUT2D eigenvalue weighted by atomic mass is 9.85. The number of amides is 1. The zero-order valence-electron chi connectivity index (χ0n) is 11.8. The van der Waals surface area contributed by atoms with Crippen molar-refractivity contribution in [1.29, 1.82) is 0 Å². The smallest absolute Gasteiger partial charge is 0.228 e. The molecule has 0 spiro atoms. The molecule has 1 amide bonds. The van der Waals surface area contributed by atoms with Crippen molar-refractivity contribution >= 4 is 46.3 Å². The first kappa shape index (κ1) is 15.1. The molecule has 1 aliphatic carbocycles. The highest BCUT2D eigenvalue weighted by Crippen LogP contribution is 2.28. The highest BCUT2D eigenvalue weighted by atomic mass is 35.5. The molecule has 1 saturated carbocycles. The van der Waals surface area contributed by atoms with Gasteiger partial charge in [-0.25, -0.2) is 4.98 Å². The van der Waals surface area contributed by atoms with Gasteiger partial charge >= 0.3 is 0 Å². The molecule has 4 nitrogen and oxygen atoms in total. The summed E-state index contributed by atoms with van der Waals surface area (Å²) in [5.41, 5.74) is 1.57. The van der Waals surface area contributed by atoms with Crippen molar-refractivity contribution in [1.82, 2.24) is 4.98 Å². The van der Waals surface area contributed by atoms with E-state index in [1.807, 2.05) is 6.07 Å². The largest absolute Gasteiger partial charge is 0.354 e. The number of aromatic nitrogens is 1. The first-order chi connectivity index (χ1) is 10.6. The van der Waals surface area contributed by atoms with E-state index in [2.05, 4.69) is 15.6 Å². The minimum atomic E-state index is 0.0566. The van der Waals surface area contributed by atoms with Crippen molar-refractivity contribution in [2.24, 2.45) is 5.92 Å². The van der Waals surface area contributed by atoms with E-state index in [1.54, 1.807) is 30.5 Å². The Morgan fingerprint density at radius 1 is 1.09 bits per heavy atom. The Hall–Kier alpha value is -1.78. The summed E-state index contributed by atoms with van der Waals surface area (Å²) in [5.74, 6) is 0.765. The van der Waals surface area contributed by atoms with E-state index >= 15 is 0 Å². The summed E-state index contributed by atoms with van der Waals surface area (Å²) >= 11 is 11.9. The molecule has 1 heterocycles. The fourth-order valence-corrected chi connectivity index (χ4v) is 2.76. The van der Waals surface area contributed by atoms with E-state index in [9.17, 15) is 4.79 Å². The van der Waals surface area contributed by atoms with Gasteiger partial charge in [-0.3, -0.25) is 4.79 Å². The number of hydrogen-bond donors (Lipinski definition) is 2. The third-order valence-electron chi connectivity index (χ3n) is 3.64. The van der Waals surface area contributed by atoms with Crippen LogP contribution in [0.2, 0.25) is 10.0 Å². The monoisotopic (exact) mass is 335 g/mol. The highest BCUT2D eigenvalue weighted by Gasteiger charge is 2.25. The average molecular weight is 336 g/mol. The van der Waals surface area contributed by atoms with Crippen LogP contribution in [0.15, 0.2) is 36.5 Å². The molecule has 0 atom stereocenters. The molecular weight excluding hydrogens is 321 g/mol. The van der Waals surface area contributed by atoms with Crippen LogP contribution in [-0.2, 0) is 4.79 Å². The van der Waals surface area contributed by atoms with Gasteiger partial charge in [-0.1, -0.05) is 29.6 Å². The minimum Gasteiger partial charge on any atom is -0.354 e. The van der Waals surface area contributed by atoms with E-state index in [4.69, 9.17) is 23.2 Å². The average Bonchev–Trinajstić information content (AvgIpc) is 2.37. The van der Waals surface area contributed by atoms with Crippen LogP contribution in [-0.4, -0.2) is 10.9 Å². The quantitative estimate of drug-likeness (QED) is 0.837. The number of hydrogen-bond acceptors (Lipinski definition) is 3. The van der Waals surface area contributed by atoms with E-state index < -0.39 is 0 Å². The van der Waals surface area contributed by atoms with Crippen molar-refractivity contribution < 1.29 is 4.79 Å². The van der Waals surface area contributed by atoms with Gasteiger partial charge in [0.15, 0.2) is 0 Å². The van der Waals surface area contributed by atoms with Gasteiger partial charge in [0.1, 0.15) is 5.82 Å². The number of nitrogens with zero attached hydrogens (tertiary/aromatic N) is 1. The summed E-state index contributed by atoms with van der Waals surface area (Å²) in [5, 5.41) is 7.12. The molecule has 22 heavy (non-hydrogen) atoms. The molecule has 114 valence electrons. The fraction of sp³-hybridized carbons (Fsp3) is 0.250. The number of anilines is 3. The number of carbonyl (C=O) groups excluding carboxylic acids is 1. The maximum absolute atomic E-state index is 11.8. The van der Waals surface area contributed by atoms with Crippen LogP contribution in [0.5, 0.6) is 0 Å². The third kappa shape index (κ3) is 3.70. The zero-order valence-corrected chi connectivity index (χ0v) is 13.3. The van der Waals surface area contributed by atoms with Gasteiger partial charge < -0.3 is 10.6 Å². The molecule has 1 aromatic carbocycles. The van der Waals surface area contributed by atoms with Crippen LogP contribution in [0.3, 0.4) is 0 Å². The van der Waals surface area contributed by atoms with Gasteiger partial charge in [-0.15, -0.1) is 0 Å². The fourth-order valence-electron chi connectivity index (χ4n) is 2.23. The molecule has 0 radical (unpaired) electrons. The molecule has 0 saturated heterocycles. The van der Waals surface area contributed by atoms with Crippen LogP contribution in [0.1, 0.15) is 19.3 Å². The van der Waals surface area contributed by atoms with Gasteiger partial charge in [-0.05, 0) is 43.2 Å². The number of rotatable bonds is 4. The molecule has 1 aliphatic rings. The lowest BCUT2D eigenvalue weighted by Crippen LogP contribution is -2.28. The third-order valence-corrected chi connectivity index (χ3v) is 4.08. The van der Waals surface area contributed by atoms with Gasteiger partial charge in [0.25, 0.3) is 0 Å². The van der Waals surface area contributed by atoms with Gasteiger partial charge in [0.2, 0.25) is 5.91 Å². The standard InChI is InChI=1S/C16H15Cl2N3O/c17-11-6-12(18)8-14(7-11)20-13-4-5-15(19-9-13)21-16(22)10-2-1-3-10/h4-10,20H,1-3H2,(H,19,21,22). The molecule has 2 N–H and O–H groups in total. The van der Waals surface area contributed by atoms with E-state index in [0.29, 0.717) is 15.9 Å². The van der Waals surface area contributed by atoms with Crippen molar-refractivity contribution in [2.45, 2.75) is 19.3 Å². The molecule has 6 heteroatoms. The molecule has 2 aromatic rings. The van der Waals surface area contributed by atoms with Crippen LogP contribution in [0, 0.1) is 5.92 Å². The molecule has 3 rings (SSSR count). The van der Waals surface area contributed by atoms with Gasteiger partial charge in [-0.2, -0.15) is 0 Å². The van der Waals surface area contributed by atoms with Crippen molar-refractivity contribution in [3.8, 4) is 0 Å². The van der Waals surface area contributed by atoms with Crippen LogP contribution >= 0.6 is 23.2 Å². The summed E-state index contributed by atoms with van der Waals surface area (Å²) < 4.78 is 0. The van der Waals surface area contributed by atoms with E-state index in [1.165, 1.54) is 0 Å². The summed E-state index contributed by atoms with van der Waals surface area (Å²) in [6.45, 7) is 0. The summed E-state index contributed by atoms with van der Waals surface area (Å²) in [6, 6.07) is 8.84. The Kier molecular flexibility index (Phi) is 4.50. The molecule has 1 fully saturated rings.